The summed E-state index contributed by atoms with van der Waals surface area (Å²) in [5, 5.41) is 25.3. The van der Waals surface area contributed by atoms with Crippen LogP contribution in [0.2, 0.25) is 25.7 Å². The van der Waals surface area contributed by atoms with Crippen LogP contribution in [0.3, 0.4) is 0 Å². The van der Waals surface area contributed by atoms with Crippen LogP contribution in [0.25, 0.3) is 10.9 Å². The normalized spacial score (nSPS) is 22.6. The lowest BCUT2D eigenvalue weighted by molar-refractivity contribution is 0.0817. The Balaban J connectivity index is 1.15. The number of likely N-dealkylation sites (tertiary alicyclic amines) is 2. The molecule has 1 aromatic carbocycles. The van der Waals surface area contributed by atoms with Gasteiger partial charge in [0.25, 0.3) is 0 Å². The summed E-state index contributed by atoms with van der Waals surface area (Å²) in [6.07, 6.45) is 6.59. The van der Waals surface area contributed by atoms with E-state index in [1.807, 2.05) is 10.9 Å². The molecule has 3 fully saturated rings. The molecule has 292 valence electrons. The smallest absolute Gasteiger partial charge is 0.407 e. The van der Waals surface area contributed by atoms with Gasteiger partial charge in [-0.15, -0.1) is 0 Å². The first-order valence-electron chi connectivity index (χ1n) is 19.8. The Bertz CT molecular complexity index is 1840. The van der Waals surface area contributed by atoms with Gasteiger partial charge in [-0.3, -0.25) is 4.90 Å². The number of piperazine rings is 1. The molecule has 0 saturated carbocycles. The van der Waals surface area contributed by atoms with E-state index in [1.54, 1.807) is 0 Å². The lowest BCUT2D eigenvalue weighted by Gasteiger charge is -2.41. The van der Waals surface area contributed by atoms with E-state index in [-0.39, 0.29) is 6.42 Å². The fraction of sp³-hybridized carbons (Fsp3) is 0.667. The van der Waals surface area contributed by atoms with Crippen molar-refractivity contribution in [2.75, 3.05) is 75.9 Å². The number of hydrogen-bond acceptors (Lipinski definition) is 11. The van der Waals surface area contributed by atoms with Gasteiger partial charge in [0, 0.05) is 70.4 Å². The molecule has 4 aliphatic rings. The van der Waals surface area contributed by atoms with Gasteiger partial charge in [0.05, 0.1) is 48.2 Å². The van der Waals surface area contributed by atoms with Crippen LogP contribution in [-0.4, -0.2) is 138 Å². The Hall–Kier alpha value is -3.97. The van der Waals surface area contributed by atoms with E-state index in [4.69, 9.17) is 24.5 Å². The van der Waals surface area contributed by atoms with Crippen LogP contribution in [0.15, 0.2) is 18.3 Å². The molecule has 3 saturated heterocycles. The zero-order valence-corrected chi connectivity index (χ0v) is 33.8. The van der Waals surface area contributed by atoms with E-state index in [2.05, 4.69) is 71.4 Å². The number of rotatable bonds is 13. The Morgan fingerprint density at radius 2 is 1.85 bits per heavy atom. The van der Waals surface area contributed by atoms with E-state index in [0.29, 0.717) is 57.6 Å². The standard InChI is InChI=1S/C39H58N10O4Si/c1-28-10-11-35-33(22-41-49(35)27-52-20-21-54(3,4)5)36(28)46-17-13-32-34(25-46)42-38(43-37(32)47-18-19-48(39(50)51)30(24-47)12-14-40)53-26-31-9-7-16-45(31)23-29-8-6-15-44(29)2/h10-11,22,29-31H,6-9,12-13,15-21,23-27H2,1-5H3,(H,50,51). The molecule has 6 heterocycles. The second-order valence-corrected chi connectivity index (χ2v) is 22.5. The molecule has 3 atom stereocenters. The molecule has 0 aliphatic carbocycles. The van der Waals surface area contributed by atoms with Crippen LogP contribution in [0, 0.1) is 18.3 Å². The fourth-order valence-electron chi connectivity index (χ4n) is 8.76. The highest BCUT2D eigenvalue weighted by Gasteiger charge is 2.35. The number of carboxylic acid groups (broad SMARTS) is 1. The number of hydrogen-bond donors (Lipinski definition) is 1. The average Bonchev–Trinajstić information content (AvgIpc) is 3.88. The molecular formula is C39H58N10O4Si. The first-order valence-corrected chi connectivity index (χ1v) is 23.6. The van der Waals surface area contributed by atoms with Crippen molar-refractivity contribution < 1.29 is 19.4 Å². The topological polar surface area (TPSA) is 139 Å². The van der Waals surface area contributed by atoms with Crippen LogP contribution in [0.1, 0.15) is 48.9 Å². The molecule has 1 amide bonds. The highest BCUT2D eigenvalue weighted by Crippen LogP contribution is 2.37. The van der Waals surface area contributed by atoms with Crippen molar-refractivity contribution in [3.8, 4) is 12.1 Å². The molecule has 14 nitrogen and oxygen atoms in total. The van der Waals surface area contributed by atoms with Crippen molar-refractivity contribution in [1.82, 2.24) is 34.4 Å². The van der Waals surface area contributed by atoms with E-state index < -0.39 is 20.2 Å². The lowest BCUT2D eigenvalue weighted by atomic mass is 10.0. The first kappa shape index (κ1) is 38.3. The van der Waals surface area contributed by atoms with Gasteiger partial charge in [-0.25, -0.2) is 9.48 Å². The molecule has 3 aromatic rings. The summed E-state index contributed by atoms with van der Waals surface area (Å²) in [4.78, 5) is 33.3. The van der Waals surface area contributed by atoms with Gasteiger partial charge in [-0.1, -0.05) is 25.7 Å². The molecule has 3 unspecified atom stereocenters. The maximum absolute atomic E-state index is 12.1. The SMILES string of the molecule is Cc1ccc2c(cnn2COCC[Si](C)(C)C)c1N1CCc2c(nc(OCC3CCCN3CC3CCCN3C)nc2N2CCN(C(=O)O)C(CC#N)C2)C1. The Kier molecular flexibility index (Phi) is 11.6. The summed E-state index contributed by atoms with van der Waals surface area (Å²) in [6.45, 7) is 16.8. The number of amides is 1. The van der Waals surface area contributed by atoms with E-state index in [1.165, 1.54) is 29.8 Å². The van der Waals surface area contributed by atoms with Gasteiger partial charge in [0.15, 0.2) is 0 Å². The Labute approximate surface area is 320 Å². The summed E-state index contributed by atoms with van der Waals surface area (Å²) in [6, 6.07) is 8.46. The minimum absolute atomic E-state index is 0.126. The molecule has 54 heavy (non-hydrogen) atoms. The van der Waals surface area contributed by atoms with Crippen LogP contribution in [0.5, 0.6) is 6.01 Å². The first-order chi connectivity index (χ1) is 26.0. The summed E-state index contributed by atoms with van der Waals surface area (Å²) < 4.78 is 14.6. The van der Waals surface area contributed by atoms with Crippen molar-refractivity contribution >= 4 is 36.6 Å². The van der Waals surface area contributed by atoms with Crippen molar-refractivity contribution in [1.29, 1.82) is 5.26 Å². The van der Waals surface area contributed by atoms with Crippen LogP contribution in [0.4, 0.5) is 16.3 Å². The second kappa shape index (κ2) is 16.4. The summed E-state index contributed by atoms with van der Waals surface area (Å²) in [5.74, 6) is 0.803. The number of carbonyl (C=O) groups is 1. The highest BCUT2D eigenvalue weighted by molar-refractivity contribution is 6.76. The minimum Gasteiger partial charge on any atom is -0.465 e. The van der Waals surface area contributed by atoms with Gasteiger partial charge in [0.2, 0.25) is 0 Å². The lowest BCUT2D eigenvalue weighted by Crippen LogP contribution is -2.55. The second-order valence-electron chi connectivity index (χ2n) is 16.9. The number of nitriles is 1. The fourth-order valence-corrected chi connectivity index (χ4v) is 9.52. The number of fused-ring (bicyclic) bond motifs is 2. The molecule has 0 radical (unpaired) electrons. The number of ether oxygens (including phenoxy) is 2. The predicted molar refractivity (Wildman–Crippen MR) is 212 cm³/mol. The van der Waals surface area contributed by atoms with Crippen LogP contribution >= 0.6 is 0 Å². The summed E-state index contributed by atoms with van der Waals surface area (Å²) in [5.41, 5.74) is 5.37. The van der Waals surface area contributed by atoms with E-state index in [0.717, 1.165) is 85.2 Å². The molecule has 0 bridgehead atoms. The molecule has 2 aromatic heterocycles. The monoisotopic (exact) mass is 758 g/mol. The number of anilines is 2. The summed E-state index contributed by atoms with van der Waals surface area (Å²) >= 11 is 0. The van der Waals surface area contributed by atoms with Gasteiger partial charge in [-0.2, -0.15) is 20.3 Å². The molecule has 1 N–H and O–H groups in total. The number of likely N-dealkylation sites (N-methyl/N-ethyl adjacent to an activating group) is 1. The van der Waals surface area contributed by atoms with Crippen LogP contribution in [-0.2, 0) is 24.4 Å². The molecule has 7 rings (SSSR count). The van der Waals surface area contributed by atoms with Gasteiger partial charge >= 0.3 is 12.1 Å². The van der Waals surface area contributed by atoms with E-state index in [9.17, 15) is 15.2 Å². The zero-order valence-electron chi connectivity index (χ0n) is 32.8. The Morgan fingerprint density at radius 1 is 1.04 bits per heavy atom. The van der Waals surface area contributed by atoms with Crippen molar-refractivity contribution in [3.63, 3.8) is 0 Å². The van der Waals surface area contributed by atoms with Crippen molar-refractivity contribution in [2.24, 2.45) is 0 Å². The Morgan fingerprint density at radius 3 is 2.61 bits per heavy atom. The zero-order chi connectivity index (χ0) is 38.0. The molecule has 4 aliphatic heterocycles. The van der Waals surface area contributed by atoms with Gasteiger partial charge < -0.3 is 34.2 Å². The van der Waals surface area contributed by atoms with Gasteiger partial charge in [-0.05, 0) is 76.8 Å². The van der Waals surface area contributed by atoms with Gasteiger partial charge in [0.1, 0.15) is 19.2 Å². The third kappa shape index (κ3) is 8.46. The quantitative estimate of drug-likeness (QED) is 0.185. The molecule has 0 spiro atoms. The maximum atomic E-state index is 12.1. The van der Waals surface area contributed by atoms with Crippen molar-refractivity contribution in [3.05, 3.63) is 35.2 Å². The number of aryl methyl sites for hydroxylation is 1. The predicted octanol–water partition coefficient (Wildman–Crippen LogP) is 5.03. The number of aromatic nitrogens is 4. The van der Waals surface area contributed by atoms with Crippen LogP contribution < -0.4 is 14.5 Å². The number of nitrogens with zero attached hydrogens (tertiary/aromatic N) is 10. The molecule has 15 heteroatoms. The average molecular weight is 759 g/mol. The van der Waals surface area contributed by atoms with Crippen molar-refractivity contribution in [2.45, 2.75) is 103 Å². The highest BCUT2D eigenvalue weighted by atomic mass is 28.3. The number of benzene rings is 1. The largest absolute Gasteiger partial charge is 0.465 e. The minimum atomic E-state index is -1.19. The third-order valence-corrected chi connectivity index (χ3v) is 13.6. The summed E-state index contributed by atoms with van der Waals surface area (Å²) in [7, 11) is 1.05. The maximum Gasteiger partial charge on any atom is 0.407 e. The third-order valence-electron chi connectivity index (χ3n) is 11.9. The van der Waals surface area contributed by atoms with E-state index >= 15 is 0 Å². The molecular weight excluding hydrogens is 701 g/mol.